The summed E-state index contributed by atoms with van der Waals surface area (Å²) in [5.74, 6) is -0.518. The zero-order valence-electron chi connectivity index (χ0n) is 19.5. The molecule has 0 radical (unpaired) electrons. The van der Waals surface area contributed by atoms with E-state index >= 15 is 0 Å². The fraction of sp³-hybridized carbons (Fsp3) is 0.148. The summed E-state index contributed by atoms with van der Waals surface area (Å²) in [7, 11) is -3.30. The summed E-state index contributed by atoms with van der Waals surface area (Å²) in [5.41, 5.74) is 3.60. The highest BCUT2D eigenvalue weighted by molar-refractivity contribution is 7.90. The van der Waals surface area contributed by atoms with Crippen LogP contribution in [0.15, 0.2) is 96.2 Å². The molecule has 0 saturated heterocycles. The van der Waals surface area contributed by atoms with Crippen molar-refractivity contribution in [2.24, 2.45) is 0 Å². The number of carbonyl (C=O) groups is 2. The van der Waals surface area contributed by atoms with Crippen LogP contribution < -0.4 is 5.32 Å². The maximum atomic E-state index is 13.4. The third kappa shape index (κ3) is 4.52. The molecule has 1 N–H and O–H groups in total. The molecule has 4 aromatic rings. The van der Waals surface area contributed by atoms with Gasteiger partial charge in [-0.3, -0.25) is 9.59 Å². The minimum atomic E-state index is -3.30. The highest BCUT2D eigenvalue weighted by Crippen LogP contribution is 2.35. The molecule has 9 heteroatoms. The van der Waals surface area contributed by atoms with E-state index in [1.165, 1.54) is 12.1 Å². The van der Waals surface area contributed by atoms with Crippen LogP contribution in [0.1, 0.15) is 33.1 Å². The topological polar surface area (TPSA) is 101 Å². The van der Waals surface area contributed by atoms with Gasteiger partial charge in [0.25, 0.3) is 5.91 Å². The molecule has 2 heterocycles. The van der Waals surface area contributed by atoms with Gasteiger partial charge in [-0.15, -0.1) is 0 Å². The molecule has 36 heavy (non-hydrogen) atoms. The second-order valence-corrected chi connectivity index (χ2v) is 10.7. The number of rotatable bonds is 7. The van der Waals surface area contributed by atoms with E-state index in [9.17, 15) is 18.0 Å². The van der Waals surface area contributed by atoms with Gasteiger partial charge in [-0.2, -0.15) is 5.10 Å². The molecule has 5 rings (SSSR count). The molecule has 2 amide bonds. The fourth-order valence-corrected chi connectivity index (χ4v) is 5.05. The van der Waals surface area contributed by atoms with Crippen LogP contribution >= 0.6 is 0 Å². The van der Waals surface area contributed by atoms with Crippen LogP contribution in [-0.4, -0.2) is 41.2 Å². The van der Waals surface area contributed by atoms with Gasteiger partial charge in [-0.1, -0.05) is 48.5 Å². The molecule has 0 bridgehead atoms. The fourth-order valence-electron chi connectivity index (χ4n) is 4.42. The number of para-hydroxylation sites is 1. The number of hydrogen-bond acceptors (Lipinski definition) is 5. The van der Waals surface area contributed by atoms with Crippen molar-refractivity contribution in [3.05, 3.63) is 114 Å². The van der Waals surface area contributed by atoms with Crippen molar-refractivity contribution in [3.8, 4) is 5.69 Å². The number of carbonyl (C=O) groups excluding carboxylic acids is 2. The maximum Gasteiger partial charge on any atom is 0.255 e. The highest BCUT2D eigenvalue weighted by Gasteiger charge is 2.41. The van der Waals surface area contributed by atoms with Crippen LogP contribution in [0.5, 0.6) is 0 Å². The molecule has 1 aliphatic heterocycles. The first kappa shape index (κ1) is 23.5. The monoisotopic (exact) mass is 500 g/mol. The molecule has 1 unspecified atom stereocenters. The average Bonchev–Trinajstić information content (AvgIpc) is 3.50. The molecule has 182 valence electrons. The minimum Gasteiger partial charge on any atom is -0.350 e. The van der Waals surface area contributed by atoms with Gasteiger partial charge in [0.05, 0.1) is 10.6 Å². The van der Waals surface area contributed by atoms with Crippen molar-refractivity contribution in [2.75, 3.05) is 6.26 Å². The van der Waals surface area contributed by atoms with Crippen LogP contribution in [-0.2, 0) is 27.7 Å². The van der Waals surface area contributed by atoms with E-state index < -0.39 is 15.9 Å². The standard InChI is InChI=1S/C27H24N4O4S/c1-36(34,35)21-13-11-19(12-14-21)17-28-26(32)25-22-8-3-4-9-23(22)27(33)30(25)18-20-7-2-5-10-24(20)31-16-6-15-29-31/h2-16,25H,17-18H2,1H3,(H,28,32). The molecule has 1 aromatic heterocycles. The maximum absolute atomic E-state index is 13.4. The summed E-state index contributed by atoms with van der Waals surface area (Å²) < 4.78 is 25.1. The lowest BCUT2D eigenvalue weighted by atomic mass is 10.0. The van der Waals surface area contributed by atoms with Gasteiger partial charge < -0.3 is 10.2 Å². The van der Waals surface area contributed by atoms with E-state index in [2.05, 4.69) is 10.4 Å². The van der Waals surface area contributed by atoms with Crippen molar-refractivity contribution >= 4 is 21.7 Å². The minimum absolute atomic E-state index is 0.202. The van der Waals surface area contributed by atoms with E-state index in [1.807, 2.05) is 42.6 Å². The van der Waals surface area contributed by atoms with Crippen molar-refractivity contribution in [1.29, 1.82) is 0 Å². The normalized spacial score (nSPS) is 15.1. The van der Waals surface area contributed by atoms with Crippen LogP contribution in [0.2, 0.25) is 0 Å². The van der Waals surface area contributed by atoms with Crippen molar-refractivity contribution in [2.45, 2.75) is 24.0 Å². The molecular formula is C27H24N4O4S. The Morgan fingerprint density at radius 3 is 2.42 bits per heavy atom. The number of aromatic nitrogens is 2. The quantitative estimate of drug-likeness (QED) is 0.420. The number of hydrogen-bond donors (Lipinski definition) is 1. The van der Waals surface area contributed by atoms with Gasteiger partial charge in [0.2, 0.25) is 5.91 Å². The van der Waals surface area contributed by atoms with E-state index in [4.69, 9.17) is 0 Å². The largest absolute Gasteiger partial charge is 0.350 e. The summed E-state index contributed by atoms with van der Waals surface area (Å²) in [6.45, 7) is 0.429. The lowest BCUT2D eigenvalue weighted by Crippen LogP contribution is -2.38. The smallest absolute Gasteiger partial charge is 0.255 e. The lowest BCUT2D eigenvalue weighted by molar-refractivity contribution is -0.125. The van der Waals surface area contributed by atoms with Crippen LogP contribution in [0.4, 0.5) is 0 Å². The Morgan fingerprint density at radius 1 is 0.972 bits per heavy atom. The Balaban J connectivity index is 1.41. The molecule has 1 atom stereocenters. The van der Waals surface area contributed by atoms with E-state index in [0.717, 1.165) is 23.1 Å². The van der Waals surface area contributed by atoms with Gasteiger partial charge in [0, 0.05) is 37.3 Å². The number of nitrogens with zero attached hydrogens (tertiary/aromatic N) is 3. The third-order valence-electron chi connectivity index (χ3n) is 6.21. The zero-order valence-corrected chi connectivity index (χ0v) is 20.4. The number of sulfone groups is 1. The predicted molar refractivity (Wildman–Crippen MR) is 134 cm³/mol. The lowest BCUT2D eigenvalue weighted by Gasteiger charge is -2.26. The first-order chi connectivity index (χ1) is 17.3. The molecule has 0 spiro atoms. The SMILES string of the molecule is CS(=O)(=O)c1ccc(CNC(=O)C2c3ccccc3C(=O)N2Cc2ccccc2-n2cccn2)cc1. The van der Waals surface area contributed by atoms with Crippen LogP contribution in [0.3, 0.4) is 0 Å². The number of nitrogens with one attached hydrogen (secondary N) is 1. The van der Waals surface area contributed by atoms with Crippen LogP contribution in [0, 0.1) is 0 Å². The summed E-state index contributed by atoms with van der Waals surface area (Å²) in [6, 6.07) is 22.2. The molecule has 1 aliphatic rings. The van der Waals surface area contributed by atoms with Gasteiger partial charge in [0.15, 0.2) is 9.84 Å². The molecule has 0 aliphatic carbocycles. The predicted octanol–water partition coefficient (Wildman–Crippen LogP) is 3.29. The van der Waals surface area contributed by atoms with E-state index in [0.29, 0.717) is 11.1 Å². The third-order valence-corrected chi connectivity index (χ3v) is 7.34. The van der Waals surface area contributed by atoms with Gasteiger partial charge in [-0.05, 0) is 47.0 Å². The Kier molecular flexibility index (Phi) is 6.15. The van der Waals surface area contributed by atoms with Crippen molar-refractivity contribution in [3.63, 3.8) is 0 Å². The highest BCUT2D eigenvalue weighted by atomic mass is 32.2. The number of fused-ring (bicyclic) bond motifs is 1. The van der Waals surface area contributed by atoms with Gasteiger partial charge in [0.1, 0.15) is 6.04 Å². The Bertz CT molecular complexity index is 1530. The summed E-state index contributed by atoms with van der Waals surface area (Å²) in [4.78, 5) is 28.6. The summed E-state index contributed by atoms with van der Waals surface area (Å²) in [6.07, 6.45) is 4.67. The zero-order chi connectivity index (χ0) is 25.3. The first-order valence-corrected chi connectivity index (χ1v) is 13.3. The molecule has 0 fully saturated rings. The van der Waals surface area contributed by atoms with E-state index in [1.54, 1.807) is 46.1 Å². The molecule has 3 aromatic carbocycles. The second-order valence-electron chi connectivity index (χ2n) is 8.64. The molecule has 0 saturated carbocycles. The number of benzene rings is 3. The van der Waals surface area contributed by atoms with E-state index in [-0.39, 0.29) is 29.8 Å². The second kappa shape index (κ2) is 9.43. The average molecular weight is 501 g/mol. The Hall–Kier alpha value is -4.24. The van der Waals surface area contributed by atoms with Gasteiger partial charge in [-0.25, -0.2) is 13.1 Å². The Labute approximate surface area is 209 Å². The van der Waals surface area contributed by atoms with Gasteiger partial charge >= 0.3 is 0 Å². The Morgan fingerprint density at radius 2 is 1.69 bits per heavy atom. The summed E-state index contributed by atoms with van der Waals surface area (Å²) in [5, 5.41) is 7.23. The first-order valence-electron chi connectivity index (χ1n) is 11.4. The van der Waals surface area contributed by atoms with Crippen molar-refractivity contribution in [1.82, 2.24) is 20.0 Å². The summed E-state index contributed by atoms with van der Waals surface area (Å²) >= 11 is 0. The van der Waals surface area contributed by atoms with Crippen molar-refractivity contribution < 1.29 is 18.0 Å². The van der Waals surface area contributed by atoms with Crippen LogP contribution in [0.25, 0.3) is 5.69 Å². The number of amides is 2. The molecule has 8 nitrogen and oxygen atoms in total. The molecular weight excluding hydrogens is 476 g/mol.